The second kappa shape index (κ2) is 4.23. The zero-order valence-corrected chi connectivity index (χ0v) is 8.91. The van der Waals surface area contributed by atoms with Gasteiger partial charge in [-0.15, -0.1) is 12.4 Å². The molecule has 0 saturated heterocycles. The number of halogens is 1. The normalized spacial score (nSPS) is 17.7. The molecule has 12 heavy (non-hydrogen) atoms. The van der Waals surface area contributed by atoms with Crippen LogP contribution in [0.5, 0.6) is 0 Å². The van der Waals surface area contributed by atoms with Crippen LogP contribution < -0.4 is 11.5 Å². The average Bonchev–Trinajstić information content (AvgIpc) is 2.37. The minimum Gasteiger partial charge on any atom is -0.326 e. The Kier molecular flexibility index (Phi) is 4.20. The van der Waals surface area contributed by atoms with E-state index in [2.05, 4.69) is 0 Å². The van der Waals surface area contributed by atoms with Crippen molar-refractivity contribution >= 4 is 23.7 Å². The Morgan fingerprint density at radius 3 is 2.50 bits per heavy atom. The molecule has 4 N–H and O–H groups in total. The van der Waals surface area contributed by atoms with Crippen LogP contribution in [0.2, 0.25) is 0 Å². The summed E-state index contributed by atoms with van der Waals surface area (Å²) >= 11 is 1.65. The quantitative estimate of drug-likeness (QED) is 0.774. The van der Waals surface area contributed by atoms with Gasteiger partial charge < -0.3 is 11.5 Å². The molecular formula is C8H15ClN2S. The van der Waals surface area contributed by atoms with Crippen molar-refractivity contribution < 1.29 is 0 Å². The smallest absolute Gasteiger partial charge is 0.0539 e. The Bertz CT molecular complexity index is 219. The van der Waals surface area contributed by atoms with Crippen LogP contribution in [0.15, 0.2) is 16.8 Å². The molecule has 0 aliphatic carbocycles. The summed E-state index contributed by atoms with van der Waals surface area (Å²) in [5.41, 5.74) is 12.5. The predicted molar refractivity (Wildman–Crippen MR) is 56.8 cm³/mol. The van der Waals surface area contributed by atoms with E-state index in [4.69, 9.17) is 11.5 Å². The van der Waals surface area contributed by atoms with E-state index in [0.717, 1.165) is 5.56 Å². The Hall–Kier alpha value is -0.0900. The second-order valence-electron chi connectivity index (χ2n) is 3.08. The predicted octanol–water partition coefficient (Wildman–Crippen LogP) is 1.69. The molecular weight excluding hydrogens is 192 g/mol. The molecule has 70 valence electrons. The van der Waals surface area contributed by atoms with E-state index in [-0.39, 0.29) is 24.0 Å². The van der Waals surface area contributed by atoms with Crippen molar-refractivity contribution in [3.8, 4) is 0 Å². The molecule has 0 amide bonds. The highest BCUT2D eigenvalue weighted by Gasteiger charge is 2.25. The van der Waals surface area contributed by atoms with E-state index >= 15 is 0 Å². The lowest BCUT2D eigenvalue weighted by Crippen LogP contribution is -2.48. The highest BCUT2D eigenvalue weighted by molar-refractivity contribution is 7.08. The lowest BCUT2D eigenvalue weighted by atomic mass is 9.89. The van der Waals surface area contributed by atoms with Gasteiger partial charge in [0.2, 0.25) is 0 Å². The number of thiophene rings is 1. The molecule has 1 heterocycles. The van der Waals surface area contributed by atoms with Gasteiger partial charge in [0.05, 0.1) is 5.54 Å². The SMILES string of the molecule is CC(N)C(C)(N)c1ccsc1.Cl. The summed E-state index contributed by atoms with van der Waals surface area (Å²) in [7, 11) is 0. The molecule has 4 heteroatoms. The van der Waals surface area contributed by atoms with Gasteiger partial charge in [-0.2, -0.15) is 11.3 Å². The van der Waals surface area contributed by atoms with Crippen molar-refractivity contribution in [2.45, 2.75) is 25.4 Å². The van der Waals surface area contributed by atoms with Gasteiger partial charge >= 0.3 is 0 Å². The summed E-state index contributed by atoms with van der Waals surface area (Å²) in [5.74, 6) is 0. The number of nitrogens with two attached hydrogens (primary N) is 2. The first-order valence-electron chi connectivity index (χ1n) is 3.62. The number of hydrogen-bond acceptors (Lipinski definition) is 3. The van der Waals surface area contributed by atoms with Crippen LogP contribution in [0.3, 0.4) is 0 Å². The van der Waals surface area contributed by atoms with Crippen LogP contribution in [-0.2, 0) is 5.54 Å². The summed E-state index contributed by atoms with van der Waals surface area (Å²) in [5, 5.41) is 4.06. The molecule has 0 aromatic carbocycles. The molecule has 2 nitrogen and oxygen atoms in total. The van der Waals surface area contributed by atoms with Crippen LogP contribution in [0.25, 0.3) is 0 Å². The van der Waals surface area contributed by atoms with Crippen LogP contribution in [0.4, 0.5) is 0 Å². The van der Waals surface area contributed by atoms with E-state index in [1.165, 1.54) is 0 Å². The first-order chi connectivity index (χ1) is 5.05. The van der Waals surface area contributed by atoms with Gasteiger partial charge in [0.15, 0.2) is 0 Å². The van der Waals surface area contributed by atoms with Gasteiger partial charge in [-0.3, -0.25) is 0 Å². The molecule has 0 fully saturated rings. The fourth-order valence-corrected chi connectivity index (χ4v) is 1.62. The minimum absolute atomic E-state index is 0. The molecule has 0 aliphatic rings. The standard InChI is InChI=1S/C8H14N2S.ClH/c1-6(9)8(2,10)7-3-4-11-5-7;/h3-6H,9-10H2,1-2H3;1H. The van der Waals surface area contributed by atoms with Crippen LogP contribution in [0.1, 0.15) is 19.4 Å². The Balaban J connectivity index is 0.00000121. The van der Waals surface area contributed by atoms with Crippen LogP contribution in [-0.4, -0.2) is 6.04 Å². The maximum Gasteiger partial charge on any atom is 0.0539 e. The maximum absolute atomic E-state index is 6.01. The summed E-state index contributed by atoms with van der Waals surface area (Å²) in [6.07, 6.45) is 0. The van der Waals surface area contributed by atoms with Crippen molar-refractivity contribution in [3.05, 3.63) is 22.4 Å². The van der Waals surface area contributed by atoms with Gasteiger partial charge in [-0.05, 0) is 36.2 Å². The molecule has 1 rings (SSSR count). The van der Waals surface area contributed by atoms with E-state index in [0.29, 0.717) is 0 Å². The van der Waals surface area contributed by atoms with Gasteiger partial charge in [0.1, 0.15) is 0 Å². The fraction of sp³-hybridized carbons (Fsp3) is 0.500. The van der Waals surface area contributed by atoms with Crippen molar-refractivity contribution in [3.63, 3.8) is 0 Å². The third-order valence-electron chi connectivity index (χ3n) is 2.09. The van der Waals surface area contributed by atoms with Crippen LogP contribution in [0, 0.1) is 0 Å². The summed E-state index contributed by atoms with van der Waals surface area (Å²) < 4.78 is 0. The molecule has 0 bridgehead atoms. The Morgan fingerprint density at radius 1 is 1.58 bits per heavy atom. The van der Waals surface area contributed by atoms with E-state index in [1.807, 2.05) is 30.7 Å². The van der Waals surface area contributed by atoms with Gasteiger partial charge in [-0.25, -0.2) is 0 Å². The first-order valence-corrected chi connectivity index (χ1v) is 4.56. The molecule has 0 radical (unpaired) electrons. The highest BCUT2D eigenvalue weighted by atomic mass is 35.5. The minimum atomic E-state index is -0.389. The maximum atomic E-state index is 6.01. The van der Waals surface area contributed by atoms with Gasteiger partial charge in [-0.1, -0.05) is 0 Å². The summed E-state index contributed by atoms with van der Waals surface area (Å²) in [6.45, 7) is 3.89. The molecule has 0 spiro atoms. The van der Waals surface area contributed by atoms with E-state index in [9.17, 15) is 0 Å². The Morgan fingerprint density at radius 2 is 2.17 bits per heavy atom. The third-order valence-corrected chi connectivity index (χ3v) is 2.77. The van der Waals surface area contributed by atoms with E-state index < -0.39 is 0 Å². The number of rotatable bonds is 2. The van der Waals surface area contributed by atoms with Crippen molar-refractivity contribution in [1.82, 2.24) is 0 Å². The molecule has 1 aromatic rings. The van der Waals surface area contributed by atoms with Gasteiger partial charge in [0, 0.05) is 6.04 Å². The highest BCUT2D eigenvalue weighted by Crippen LogP contribution is 2.22. The molecule has 2 atom stereocenters. The molecule has 1 aromatic heterocycles. The summed E-state index contributed by atoms with van der Waals surface area (Å²) in [4.78, 5) is 0. The molecule has 2 unspecified atom stereocenters. The third kappa shape index (κ3) is 2.20. The summed E-state index contributed by atoms with van der Waals surface area (Å²) in [6, 6.07) is 2.01. The lowest BCUT2D eigenvalue weighted by Gasteiger charge is -2.27. The molecule has 0 aliphatic heterocycles. The van der Waals surface area contributed by atoms with E-state index in [1.54, 1.807) is 11.3 Å². The monoisotopic (exact) mass is 206 g/mol. The van der Waals surface area contributed by atoms with Gasteiger partial charge in [0.25, 0.3) is 0 Å². The van der Waals surface area contributed by atoms with Crippen molar-refractivity contribution in [1.29, 1.82) is 0 Å². The number of hydrogen-bond donors (Lipinski definition) is 2. The topological polar surface area (TPSA) is 52.0 Å². The van der Waals surface area contributed by atoms with Crippen molar-refractivity contribution in [2.75, 3.05) is 0 Å². The van der Waals surface area contributed by atoms with Crippen LogP contribution >= 0.6 is 23.7 Å². The lowest BCUT2D eigenvalue weighted by molar-refractivity contribution is 0.411. The fourth-order valence-electron chi connectivity index (χ4n) is 0.834. The van der Waals surface area contributed by atoms with Crippen molar-refractivity contribution in [2.24, 2.45) is 11.5 Å². The Labute approximate surface area is 83.4 Å². The zero-order valence-electron chi connectivity index (χ0n) is 7.28. The molecule has 0 saturated carbocycles. The largest absolute Gasteiger partial charge is 0.326 e. The average molecular weight is 207 g/mol. The zero-order chi connectivity index (χ0) is 8.48. The second-order valence-corrected chi connectivity index (χ2v) is 3.86. The first kappa shape index (κ1) is 11.9.